The minimum atomic E-state index is -0.396. The zero-order valence-corrected chi connectivity index (χ0v) is 16.1. The Labute approximate surface area is 162 Å². The Morgan fingerprint density at radius 1 is 1.19 bits per heavy atom. The normalized spacial score (nSPS) is 18.8. The summed E-state index contributed by atoms with van der Waals surface area (Å²) in [5.41, 5.74) is 0.688. The predicted molar refractivity (Wildman–Crippen MR) is 101 cm³/mol. The summed E-state index contributed by atoms with van der Waals surface area (Å²) in [5.74, 6) is -0.379. The summed E-state index contributed by atoms with van der Waals surface area (Å²) in [6.45, 7) is 3.10. The smallest absolute Gasteiger partial charge is 0.306 e. The molecule has 1 aromatic carbocycles. The highest BCUT2D eigenvalue weighted by molar-refractivity contribution is 8.02. The molecule has 8 heteroatoms. The van der Waals surface area contributed by atoms with Crippen LogP contribution in [-0.2, 0) is 19.1 Å². The average molecular weight is 394 g/mol. The average Bonchev–Trinajstić information content (AvgIpc) is 2.97. The second-order valence-electron chi connectivity index (χ2n) is 6.63. The van der Waals surface area contributed by atoms with Gasteiger partial charge in [-0.2, -0.15) is 0 Å². The van der Waals surface area contributed by atoms with Crippen molar-refractivity contribution in [3.8, 4) is 0 Å². The third-order valence-electron chi connectivity index (χ3n) is 4.95. The van der Waals surface area contributed by atoms with Crippen LogP contribution in [0.4, 0.5) is 10.1 Å². The van der Waals surface area contributed by atoms with Crippen LogP contribution in [0.5, 0.6) is 0 Å². The summed E-state index contributed by atoms with van der Waals surface area (Å²) in [7, 11) is 0. The lowest BCUT2D eigenvalue weighted by molar-refractivity contribution is -0.146. The van der Waals surface area contributed by atoms with E-state index in [0.29, 0.717) is 44.0 Å². The van der Waals surface area contributed by atoms with Gasteiger partial charge in [0.15, 0.2) is 0 Å². The van der Waals surface area contributed by atoms with Crippen molar-refractivity contribution in [1.29, 1.82) is 0 Å². The molecular weight excluding hydrogens is 371 g/mol. The number of carbonyl (C=O) groups is 3. The quantitative estimate of drug-likeness (QED) is 0.718. The van der Waals surface area contributed by atoms with E-state index >= 15 is 0 Å². The molecule has 0 atom stereocenters. The molecule has 2 saturated heterocycles. The van der Waals surface area contributed by atoms with Crippen LogP contribution in [0.1, 0.15) is 32.6 Å². The van der Waals surface area contributed by atoms with Crippen molar-refractivity contribution < 1.29 is 23.5 Å². The number of esters is 1. The number of amides is 2. The molecule has 0 bridgehead atoms. The maximum atomic E-state index is 13.2. The molecule has 2 heterocycles. The standard InChI is InChI=1S/C19H23FN2O4S/c1-2-26-18(25)8-7-16(23)21-11-9-19(10-12-21)22(17(24)13-27-19)15-5-3-14(20)4-6-15/h3-6H,2,7-13H2,1H3. The number of anilines is 1. The number of halogens is 1. The number of hydrogen-bond acceptors (Lipinski definition) is 5. The molecule has 2 fully saturated rings. The first kappa shape index (κ1) is 19.7. The zero-order valence-electron chi connectivity index (χ0n) is 15.3. The lowest BCUT2D eigenvalue weighted by atomic mass is 10.0. The van der Waals surface area contributed by atoms with E-state index in [-0.39, 0.29) is 36.4 Å². The molecule has 0 aliphatic carbocycles. The first-order valence-electron chi connectivity index (χ1n) is 9.11. The Morgan fingerprint density at radius 3 is 2.48 bits per heavy atom. The van der Waals surface area contributed by atoms with Crippen LogP contribution in [0.3, 0.4) is 0 Å². The molecule has 0 aromatic heterocycles. The van der Waals surface area contributed by atoms with E-state index in [2.05, 4.69) is 0 Å². The third kappa shape index (κ3) is 4.26. The lowest BCUT2D eigenvalue weighted by Crippen LogP contribution is -2.53. The van der Waals surface area contributed by atoms with E-state index in [9.17, 15) is 18.8 Å². The molecule has 0 unspecified atom stereocenters. The van der Waals surface area contributed by atoms with Crippen LogP contribution < -0.4 is 4.90 Å². The molecule has 146 valence electrons. The van der Waals surface area contributed by atoms with Gasteiger partial charge in [0.05, 0.1) is 23.7 Å². The van der Waals surface area contributed by atoms with Gasteiger partial charge in [-0.3, -0.25) is 19.3 Å². The van der Waals surface area contributed by atoms with Crippen molar-refractivity contribution in [3.05, 3.63) is 30.1 Å². The van der Waals surface area contributed by atoms with Gasteiger partial charge in [-0.15, -0.1) is 11.8 Å². The molecule has 0 saturated carbocycles. The summed E-state index contributed by atoms with van der Waals surface area (Å²) >= 11 is 1.59. The summed E-state index contributed by atoms with van der Waals surface area (Å²) in [6.07, 6.45) is 1.51. The highest BCUT2D eigenvalue weighted by atomic mass is 32.2. The summed E-state index contributed by atoms with van der Waals surface area (Å²) in [5, 5.41) is 0. The van der Waals surface area contributed by atoms with Gasteiger partial charge >= 0.3 is 5.97 Å². The van der Waals surface area contributed by atoms with Crippen LogP contribution in [0.15, 0.2) is 24.3 Å². The van der Waals surface area contributed by atoms with Crippen molar-refractivity contribution in [2.45, 2.75) is 37.5 Å². The molecule has 27 heavy (non-hydrogen) atoms. The number of hydrogen-bond donors (Lipinski definition) is 0. The van der Waals surface area contributed by atoms with E-state index in [1.165, 1.54) is 12.1 Å². The monoisotopic (exact) mass is 394 g/mol. The van der Waals surface area contributed by atoms with Crippen molar-refractivity contribution in [2.75, 3.05) is 30.3 Å². The SMILES string of the molecule is CCOC(=O)CCC(=O)N1CCC2(CC1)SCC(=O)N2c1ccc(F)cc1. The van der Waals surface area contributed by atoms with E-state index in [1.807, 2.05) is 0 Å². The lowest BCUT2D eigenvalue weighted by Gasteiger charge is -2.44. The van der Waals surface area contributed by atoms with Crippen LogP contribution >= 0.6 is 11.8 Å². The largest absolute Gasteiger partial charge is 0.466 e. The van der Waals surface area contributed by atoms with Crippen LogP contribution in [0, 0.1) is 5.82 Å². The minimum Gasteiger partial charge on any atom is -0.466 e. The van der Waals surface area contributed by atoms with Crippen molar-refractivity contribution in [1.82, 2.24) is 4.90 Å². The molecule has 1 spiro atoms. The van der Waals surface area contributed by atoms with Gasteiger partial charge in [-0.1, -0.05) is 0 Å². The van der Waals surface area contributed by atoms with E-state index in [4.69, 9.17) is 4.74 Å². The third-order valence-corrected chi connectivity index (χ3v) is 6.47. The number of carbonyl (C=O) groups excluding carboxylic acids is 3. The number of piperidine rings is 1. The van der Waals surface area contributed by atoms with E-state index < -0.39 is 4.87 Å². The molecule has 6 nitrogen and oxygen atoms in total. The van der Waals surface area contributed by atoms with Crippen LogP contribution in [-0.4, -0.2) is 53.0 Å². The Kier molecular flexibility index (Phi) is 6.04. The van der Waals surface area contributed by atoms with Gasteiger partial charge in [0.2, 0.25) is 11.8 Å². The molecule has 2 aliphatic rings. The van der Waals surface area contributed by atoms with E-state index in [1.54, 1.807) is 40.6 Å². The number of thioether (sulfide) groups is 1. The van der Waals surface area contributed by atoms with Gasteiger partial charge in [-0.25, -0.2) is 4.39 Å². The fraction of sp³-hybridized carbons (Fsp3) is 0.526. The molecule has 0 N–H and O–H groups in total. The Hall–Kier alpha value is -2.09. The Morgan fingerprint density at radius 2 is 1.85 bits per heavy atom. The Balaban J connectivity index is 1.62. The fourth-order valence-corrected chi connectivity index (χ4v) is 4.92. The van der Waals surface area contributed by atoms with Crippen molar-refractivity contribution >= 4 is 35.2 Å². The van der Waals surface area contributed by atoms with Gasteiger partial charge in [0, 0.05) is 25.2 Å². The maximum Gasteiger partial charge on any atom is 0.306 e. The maximum absolute atomic E-state index is 13.2. The highest BCUT2D eigenvalue weighted by Gasteiger charge is 2.49. The second-order valence-corrected chi connectivity index (χ2v) is 7.96. The fourth-order valence-electron chi connectivity index (χ4n) is 3.60. The predicted octanol–water partition coefficient (Wildman–Crippen LogP) is 2.57. The second kappa shape index (κ2) is 8.29. The number of rotatable bonds is 5. The number of nitrogens with zero attached hydrogens (tertiary/aromatic N) is 2. The molecule has 0 radical (unpaired) electrons. The highest BCUT2D eigenvalue weighted by Crippen LogP contribution is 2.46. The number of likely N-dealkylation sites (tertiary alicyclic amines) is 1. The summed E-state index contributed by atoms with van der Waals surface area (Å²) < 4.78 is 18.1. The first-order chi connectivity index (χ1) is 12.9. The van der Waals surface area contributed by atoms with E-state index in [0.717, 1.165) is 0 Å². The van der Waals surface area contributed by atoms with Crippen molar-refractivity contribution in [2.24, 2.45) is 0 Å². The van der Waals surface area contributed by atoms with Gasteiger partial charge in [0.25, 0.3) is 0 Å². The van der Waals surface area contributed by atoms with Crippen LogP contribution in [0.2, 0.25) is 0 Å². The van der Waals surface area contributed by atoms with Crippen LogP contribution in [0.25, 0.3) is 0 Å². The molecule has 2 aliphatic heterocycles. The topological polar surface area (TPSA) is 66.9 Å². The molecule has 2 amide bonds. The summed E-state index contributed by atoms with van der Waals surface area (Å²) in [4.78, 5) is 39.4. The van der Waals surface area contributed by atoms with Gasteiger partial charge in [0.1, 0.15) is 5.82 Å². The first-order valence-corrected chi connectivity index (χ1v) is 10.1. The van der Waals surface area contributed by atoms with Gasteiger partial charge < -0.3 is 9.64 Å². The van der Waals surface area contributed by atoms with Crippen molar-refractivity contribution in [3.63, 3.8) is 0 Å². The van der Waals surface area contributed by atoms with Gasteiger partial charge in [-0.05, 0) is 44.0 Å². The molecular formula is C19H23FN2O4S. The minimum absolute atomic E-state index is 0.00805. The molecule has 1 aromatic rings. The number of ether oxygens (including phenoxy) is 1. The number of benzene rings is 1. The zero-order chi connectivity index (χ0) is 19.4. The Bertz CT molecular complexity index is 717. The summed E-state index contributed by atoms with van der Waals surface area (Å²) in [6, 6.07) is 5.95. The molecule has 3 rings (SSSR count).